The van der Waals surface area contributed by atoms with E-state index < -0.39 is 0 Å². The van der Waals surface area contributed by atoms with Crippen LogP contribution in [0, 0.1) is 23.7 Å². The van der Waals surface area contributed by atoms with Crippen molar-refractivity contribution in [2.24, 2.45) is 23.7 Å². The van der Waals surface area contributed by atoms with Gasteiger partial charge in [-0.25, -0.2) is 0 Å². The summed E-state index contributed by atoms with van der Waals surface area (Å²) in [5, 5.41) is 0. The van der Waals surface area contributed by atoms with Crippen LogP contribution in [0.3, 0.4) is 0 Å². The number of rotatable bonds is 2. The molecule has 0 radical (unpaired) electrons. The Hall–Kier alpha value is -0.520. The third-order valence-corrected chi connectivity index (χ3v) is 5.13. The molecule has 0 saturated heterocycles. The highest BCUT2D eigenvalue weighted by atomic mass is 14.4. The van der Waals surface area contributed by atoms with Crippen LogP contribution in [-0.4, -0.2) is 0 Å². The molecule has 0 spiro atoms. The zero-order chi connectivity index (χ0) is 10.8. The van der Waals surface area contributed by atoms with E-state index in [4.69, 9.17) is 0 Å². The maximum Gasteiger partial charge on any atom is -0.0171 e. The van der Waals surface area contributed by atoms with E-state index in [1.807, 2.05) is 0 Å². The molecule has 0 heteroatoms. The summed E-state index contributed by atoms with van der Waals surface area (Å²) in [4.78, 5) is 0. The lowest BCUT2D eigenvalue weighted by Gasteiger charge is -2.23. The van der Waals surface area contributed by atoms with Crippen LogP contribution < -0.4 is 0 Å². The first-order valence-electron chi connectivity index (χ1n) is 7.27. The lowest BCUT2D eigenvalue weighted by atomic mass is 9.82. The van der Waals surface area contributed by atoms with E-state index in [2.05, 4.69) is 24.3 Å². The second-order valence-electron chi connectivity index (χ2n) is 6.11. The largest absolute Gasteiger partial charge is 0.0843 e. The lowest BCUT2D eigenvalue weighted by Crippen LogP contribution is -2.14. The Balaban J connectivity index is 1.63. The average molecular weight is 216 g/mol. The second-order valence-corrected chi connectivity index (χ2v) is 6.11. The monoisotopic (exact) mass is 216 g/mol. The molecule has 16 heavy (non-hydrogen) atoms. The Morgan fingerprint density at radius 2 is 1.81 bits per heavy atom. The molecule has 0 heterocycles. The fourth-order valence-electron chi connectivity index (χ4n) is 4.26. The summed E-state index contributed by atoms with van der Waals surface area (Å²) in [6.07, 6.45) is 21.4. The van der Waals surface area contributed by atoms with E-state index in [0.717, 1.165) is 23.7 Å². The van der Waals surface area contributed by atoms with Gasteiger partial charge in [-0.15, -0.1) is 0 Å². The van der Waals surface area contributed by atoms with Crippen molar-refractivity contribution >= 4 is 0 Å². The summed E-state index contributed by atoms with van der Waals surface area (Å²) < 4.78 is 0. The first-order valence-corrected chi connectivity index (χ1v) is 7.27. The van der Waals surface area contributed by atoms with Gasteiger partial charge in [0, 0.05) is 0 Å². The summed E-state index contributed by atoms with van der Waals surface area (Å²) >= 11 is 0. The molecule has 0 nitrogen and oxygen atoms in total. The molecule has 3 aliphatic carbocycles. The van der Waals surface area contributed by atoms with Crippen molar-refractivity contribution in [1.29, 1.82) is 0 Å². The van der Waals surface area contributed by atoms with Crippen LogP contribution in [0.1, 0.15) is 51.4 Å². The van der Waals surface area contributed by atoms with E-state index in [1.54, 1.807) is 0 Å². The van der Waals surface area contributed by atoms with Gasteiger partial charge in [-0.3, -0.25) is 0 Å². The summed E-state index contributed by atoms with van der Waals surface area (Å²) in [5.41, 5.74) is 0. The van der Waals surface area contributed by atoms with Gasteiger partial charge >= 0.3 is 0 Å². The highest BCUT2D eigenvalue weighted by Gasteiger charge is 2.35. The van der Waals surface area contributed by atoms with E-state index in [9.17, 15) is 0 Å². The van der Waals surface area contributed by atoms with E-state index >= 15 is 0 Å². The molecule has 0 N–H and O–H groups in total. The van der Waals surface area contributed by atoms with Gasteiger partial charge < -0.3 is 0 Å². The molecule has 2 fully saturated rings. The Bertz CT molecular complexity index is 280. The van der Waals surface area contributed by atoms with Crippen molar-refractivity contribution in [3.63, 3.8) is 0 Å². The molecule has 88 valence electrons. The zero-order valence-electron chi connectivity index (χ0n) is 10.3. The van der Waals surface area contributed by atoms with Crippen molar-refractivity contribution in [3.05, 3.63) is 24.3 Å². The van der Waals surface area contributed by atoms with E-state index in [0.29, 0.717) is 0 Å². The number of allylic oxidation sites excluding steroid dienone is 4. The Kier molecular flexibility index (Phi) is 3.17. The first-order chi connectivity index (χ1) is 7.93. The van der Waals surface area contributed by atoms with Gasteiger partial charge in [0.15, 0.2) is 0 Å². The Morgan fingerprint density at radius 1 is 0.938 bits per heavy atom. The fraction of sp³-hybridized carbons (Fsp3) is 0.750. The maximum absolute atomic E-state index is 2.51. The quantitative estimate of drug-likeness (QED) is 0.626. The van der Waals surface area contributed by atoms with Crippen LogP contribution in [0.25, 0.3) is 0 Å². The van der Waals surface area contributed by atoms with Crippen LogP contribution in [0.2, 0.25) is 0 Å². The van der Waals surface area contributed by atoms with Crippen molar-refractivity contribution in [3.8, 4) is 0 Å². The van der Waals surface area contributed by atoms with Gasteiger partial charge in [0.1, 0.15) is 0 Å². The van der Waals surface area contributed by atoms with Gasteiger partial charge in [-0.1, -0.05) is 50.0 Å². The summed E-state index contributed by atoms with van der Waals surface area (Å²) in [5.74, 6) is 3.98. The Morgan fingerprint density at radius 3 is 2.69 bits per heavy atom. The van der Waals surface area contributed by atoms with Gasteiger partial charge in [0.05, 0.1) is 0 Å². The molecule has 3 rings (SSSR count). The minimum Gasteiger partial charge on any atom is -0.0843 e. The summed E-state index contributed by atoms with van der Waals surface area (Å²) in [6, 6.07) is 0. The van der Waals surface area contributed by atoms with Gasteiger partial charge in [0.25, 0.3) is 0 Å². The van der Waals surface area contributed by atoms with Crippen LogP contribution in [-0.2, 0) is 0 Å². The highest BCUT2D eigenvalue weighted by Crippen LogP contribution is 2.45. The molecule has 0 aliphatic heterocycles. The number of hydrogen-bond acceptors (Lipinski definition) is 0. The molecular formula is C16H24. The SMILES string of the molecule is C1=CCC2CCC(CC3CCCC3)C2C=C1. The molecule has 0 aromatic carbocycles. The number of fused-ring (bicyclic) bond motifs is 1. The van der Waals surface area contributed by atoms with Crippen molar-refractivity contribution in [1.82, 2.24) is 0 Å². The Labute approximate surface area is 99.8 Å². The van der Waals surface area contributed by atoms with E-state index in [1.165, 1.54) is 51.4 Å². The van der Waals surface area contributed by atoms with Gasteiger partial charge in [0.2, 0.25) is 0 Å². The van der Waals surface area contributed by atoms with Gasteiger partial charge in [-0.05, 0) is 49.4 Å². The maximum atomic E-state index is 2.51. The normalized spacial score (nSPS) is 38.9. The molecule has 3 aliphatic rings. The molecule has 0 aromatic heterocycles. The van der Waals surface area contributed by atoms with Crippen molar-refractivity contribution < 1.29 is 0 Å². The summed E-state index contributed by atoms with van der Waals surface area (Å²) in [6.45, 7) is 0. The topological polar surface area (TPSA) is 0 Å². The predicted molar refractivity (Wildman–Crippen MR) is 69.2 cm³/mol. The predicted octanol–water partition coefficient (Wildman–Crippen LogP) is 4.73. The van der Waals surface area contributed by atoms with Crippen molar-refractivity contribution in [2.75, 3.05) is 0 Å². The third-order valence-electron chi connectivity index (χ3n) is 5.13. The van der Waals surface area contributed by atoms with Crippen LogP contribution >= 0.6 is 0 Å². The molecule has 3 unspecified atom stereocenters. The molecule has 2 saturated carbocycles. The highest BCUT2D eigenvalue weighted by molar-refractivity contribution is 5.12. The van der Waals surface area contributed by atoms with Crippen LogP contribution in [0.15, 0.2) is 24.3 Å². The minimum absolute atomic E-state index is 0.913. The number of hydrogen-bond donors (Lipinski definition) is 0. The van der Waals surface area contributed by atoms with Crippen LogP contribution in [0.4, 0.5) is 0 Å². The molecule has 0 aromatic rings. The van der Waals surface area contributed by atoms with Gasteiger partial charge in [-0.2, -0.15) is 0 Å². The van der Waals surface area contributed by atoms with Crippen LogP contribution in [0.5, 0.6) is 0 Å². The third kappa shape index (κ3) is 2.12. The fourth-order valence-corrected chi connectivity index (χ4v) is 4.26. The minimum atomic E-state index is 0.913. The molecule has 0 bridgehead atoms. The average Bonchev–Trinajstić information content (AvgIpc) is 2.86. The standard InChI is InChI=1S/C16H24/c1-2-8-14-10-11-15(16(14)9-3-1)12-13-6-4-5-7-13/h1-3,9,13-16H,4-8,10-12H2. The smallest absolute Gasteiger partial charge is 0.0171 e. The summed E-state index contributed by atoms with van der Waals surface area (Å²) in [7, 11) is 0. The molecular weight excluding hydrogens is 192 g/mol. The van der Waals surface area contributed by atoms with E-state index in [-0.39, 0.29) is 0 Å². The molecule has 3 atom stereocenters. The van der Waals surface area contributed by atoms with Crippen molar-refractivity contribution in [2.45, 2.75) is 51.4 Å². The second kappa shape index (κ2) is 4.77. The zero-order valence-corrected chi connectivity index (χ0v) is 10.3. The lowest BCUT2D eigenvalue weighted by molar-refractivity contribution is 0.311. The molecule has 0 amide bonds. The first kappa shape index (κ1) is 10.6.